The summed E-state index contributed by atoms with van der Waals surface area (Å²) in [5.74, 6) is -1.63. The number of hydrogen-bond acceptors (Lipinski definition) is 6. The third-order valence-electron chi connectivity index (χ3n) is 4.07. The Morgan fingerprint density at radius 1 is 1.10 bits per heavy atom. The number of benzene rings is 1. The molecule has 2 aromatic heterocycles. The Bertz CT molecular complexity index is 955. The molecule has 0 aliphatic heterocycles. The van der Waals surface area contributed by atoms with Crippen LogP contribution in [-0.2, 0) is 0 Å². The van der Waals surface area contributed by atoms with E-state index in [1.807, 2.05) is 19.0 Å². The molecule has 29 heavy (non-hydrogen) atoms. The maximum atomic E-state index is 14.7. The highest BCUT2D eigenvalue weighted by atomic mass is 35.5. The monoisotopic (exact) mass is 419 g/mol. The Kier molecular flexibility index (Phi) is 6.56. The Labute approximate surface area is 172 Å². The predicted molar refractivity (Wildman–Crippen MR) is 109 cm³/mol. The number of aromatic nitrogens is 3. The van der Waals surface area contributed by atoms with Crippen LogP contribution in [0, 0.1) is 11.6 Å². The minimum atomic E-state index is -0.865. The van der Waals surface area contributed by atoms with Crippen molar-refractivity contribution < 1.29 is 13.5 Å². The molecule has 0 fully saturated rings. The first kappa shape index (κ1) is 20.9. The van der Waals surface area contributed by atoms with E-state index in [9.17, 15) is 8.78 Å². The molecule has 6 nitrogen and oxygen atoms in total. The number of ether oxygens (including phenoxy) is 1. The molecule has 0 saturated heterocycles. The number of pyridine rings is 1. The fourth-order valence-corrected chi connectivity index (χ4v) is 3.00. The van der Waals surface area contributed by atoms with Crippen LogP contribution in [0.4, 0.5) is 14.6 Å². The summed E-state index contributed by atoms with van der Waals surface area (Å²) in [5, 5.41) is -0.171. The Morgan fingerprint density at radius 2 is 1.83 bits per heavy atom. The molecule has 0 atom stereocenters. The number of rotatable bonds is 7. The fraction of sp³-hybridized carbons (Fsp3) is 0.250. The second-order valence-corrected chi connectivity index (χ2v) is 6.94. The molecule has 2 N–H and O–H groups in total. The minimum absolute atomic E-state index is 0.0863. The lowest BCUT2D eigenvalue weighted by molar-refractivity contribution is 0.279. The van der Waals surface area contributed by atoms with Crippen LogP contribution in [0.15, 0.2) is 36.5 Å². The van der Waals surface area contributed by atoms with E-state index in [0.717, 1.165) is 25.1 Å². The van der Waals surface area contributed by atoms with Gasteiger partial charge in [-0.15, -0.1) is 0 Å². The standard InChI is InChI=1S/C20H20ClF2N5O/c1-28(2)8-5-9-29-12-10-13(22)16(14(23)11-12)17-18(21)26-20(27-19(17)24)15-6-3-4-7-25-15/h3-4,6-7,10-11H,5,8-9H2,1-2H3,(H2,24,26,27). The van der Waals surface area contributed by atoms with Crippen LogP contribution < -0.4 is 10.5 Å². The number of anilines is 1. The largest absolute Gasteiger partial charge is 0.493 e. The summed E-state index contributed by atoms with van der Waals surface area (Å²) >= 11 is 6.21. The van der Waals surface area contributed by atoms with Gasteiger partial charge in [0.25, 0.3) is 0 Å². The number of nitrogen functional groups attached to an aromatic ring is 1. The van der Waals surface area contributed by atoms with Crippen molar-refractivity contribution >= 4 is 17.4 Å². The zero-order valence-electron chi connectivity index (χ0n) is 16.0. The molecule has 0 unspecified atom stereocenters. The van der Waals surface area contributed by atoms with Gasteiger partial charge >= 0.3 is 0 Å². The molecular formula is C20H20ClF2N5O. The van der Waals surface area contributed by atoms with Gasteiger partial charge in [-0.05, 0) is 32.6 Å². The van der Waals surface area contributed by atoms with Crippen molar-refractivity contribution in [3.63, 3.8) is 0 Å². The van der Waals surface area contributed by atoms with Crippen LogP contribution in [0.1, 0.15) is 6.42 Å². The van der Waals surface area contributed by atoms with Gasteiger partial charge in [-0.1, -0.05) is 17.7 Å². The highest BCUT2D eigenvalue weighted by Crippen LogP contribution is 2.37. The van der Waals surface area contributed by atoms with E-state index < -0.39 is 17.2 Å². The Morgan fingerprint density at radius 3 is 2.41 bits per heavy atom. The lowest BCUT2D eigenvalue weighted by atomic mass is 10.1. The van der Waals surface area contributed by atoms with E-state index >= 15 is 0 Å². The highest BCUT2D eigenvalue weighted by molar-refractivity contribution is 6.32. The molecule has 0 bridgehead atoms. The normalized spacial score (nSPS) is 11.1. The van der Waals surface area contributed by atoms with Crippen molar-refractivity contribution in [1.82, 2.24) is 19.9 Å². The zero-order valence-corrected chi connectivity index (χ0v) is 16.7. The van der Waals surface area contributed by atoms with Gasteiger partial charge < -0.3 is 15.4 Å². The van der Waals surface area contributed by atoms with Crippen LogP contribution in [-0.4, -0.2) is 47.1 Å². The summed E-state index contributed by atoms with van der Waals surface area (Å²) < 4.78 is 34.9. The van der Waals surface area contributed by atoms with Crippen molar-refractivity contribution in [2.75, 3.05) is 33.0 Å². The Hall–Kier alpha value is -2.84. The highest BCUT2D eigenvalue weighted by Gasteiger charge is 2.22. The third kappa shape index (κ3) is 4.96. The van der Waals surface area contributed by atoms with Crippen molar-refractivity contribution in [3.05, 3.63) is 53.3 Å². The minimum Gasteiger partial charge on any atom is -0.493 e. The van der Waals surface area contributed by atoms with E-state index in [2.05, 4.69) is 15.0 Å². The van der Waals surface area contributed by atoms with Crippen LogP contribution in [0.2, 0.25) is 5.15 Å². The molecular weight excluding hydrogens is 400 g/mol. The van der Waals surface area contributed by atoms with Gasteiger partial charge in [-0.25, -0.2) is 18.7 Å². The molecule has 0 spiro atoms. The molecule has 1 aromatic carbocycles. The molecule has 0 amide bonds. The van der Waals surface area contributed by atoms with Crippen LogP contribution in [0.25, 0.3) is 22.6 Å². The second-order valence-electron chi connectivity index (χ2n) is 6.58. The van der Waals surface area contributed by atoms with Gasteiger partial charge in [0, 0.05) is 24.9 Å². The maximum Gasteiger partial charge on any atom is 0.181 e. The van der Waals surface area contributed by atoms with Crippen molar-refractivity contribution in [2.45, 2.75) is 6.42 Å². The Balaban J connectivity index is 1.90. The quantitative estimate of drug-likeness (QED) is 0.460. The lowest BCUT2D eigenvalue weighted by Gasteiger charge is -2.14. The van der Waals surface area contributed by atoms with Crippen LogP contribution >= 0.6 is 11.6 Å². The van der Waals surface area contributed by atoms with E-state index in [0.29, 0.717) is 12.3 Å². The average Bonchev–Trinajstić information content (AvgIpc) is 2.67. The van der Waals surface area contributed by atoms with E-state index in [-0.39, 0.29) is 28.1 Å². The predicted octanol–water partition coefficient (Wildman–Crippen LogP) is 4.05. The number of nitrogens with two attached hydrogens (primary N) is 1. The van der Waals surface area contributed by atoms with Gasteiger partial charge in [0.2, 0.25) is 0 Å². The first-order chi connectivity index (χ1) is 13.9. The molecule has 0 radical (unpaired) electrons. The number of hydrogen-bond donors (Lipinski definition) is 1. The van der Waals surface area contributed by atoms with E-state index in [1.165, 1.54) is 0 Å². The van der Waals surface area contributed by atoms with Crippen molar-refractivity contribution in [3.8, 4) is 28.4 Å². The van der Waals surface area contributed by atoms with Gasteiger partial charge in [0.05, 0.1) is 17.7 Å². The molecule has 3 rings (SSSR count). The van der Waals surface area contributed by atoms with Gasteiger partial charge in [0.1, 0.15) is 34.0 Å². The third-order valence-corrected chi connectivity index (χ3v) is 4.34. The fourth-order valence-electron chi connectivity index (χ4n) is 2.73. The van der Waals surface area contributed by atoms with E-state index in [1.54, 1.807) is 24.4 Å². The number of nitrogens with zero attached hydrogens (tertiary/aromatic N) is 4. The summed E-state index contributed by atoms with van der Waals surface area (Å²) in [4.78, 5) is 14.3. The molecule has 9 heteroatoms. The van der Waals surface area contributed by atoms with Crippen LogP contribution in [0.3, 0.4) is 0 Å². The summed E-state index contributed by atoms with van der Waals surface area (Å²) in [6.07, 6.45) is 2.28. The molecule has 152 valence electrons. The topological polar surface area (TPSA) is 77.2 Å². The second kappa shape index (κ2) is 9.11. The lowest BCUT2D eigenvalue weighted by Crippen LogP contribution is -2.15. The molecule has 0 saturated carbocycles. The summed E-state index contributed by atoms with van der Waals surface area (Å²) in [5.41, 5.74) is 5.89. The van der Waals surface area contributed by atoms with E-state index in [4.69, 9.17) is 22.1 Å². The summed E-state index contributed by atoms with van der Waals surface area (Å²) in [7, 11) is 3.87. The van der Waals surface area contributed by atoms with Crippen LogP contribution in [0.5, 0.6) is 5.75 Å². The molecule has 0 aliphatic carbocycles. The zero-order chi connectivity index (χ0) is 21.0. The first-order valence-electron chi connectivity index (χ1n) is 8.88. The smallest absolute Gasteiger partial charge is 0.181 e. The first-order valence-corrected chi connectivity index (χ1v) is 9.26. The summed E-state index contributed by atoms with van der Waals surface area (Å²) in [6, 6.07) is 7.35. The van der Waals surface area contributed by atoms with Crippen molar-refractivity contribution in [2.24, 2.45) is 0 Å². The number of halogens is 3. The van der Waals surface area contributed by atoms with Gasteiger partial charge in [-0.2, -0.15) is 0 Å². The van der Waals surface area contributed by atoms with Gasteiger partial charge in [0.15, 0.2) is 5.82 Å². The molecule has 0 aliphatic rings. The molecule has 2 heterocycles. The average molecular weight is 420 g/mol. The SMILES string of the molecule is CN(C)CCCOc1cc(F)c(-c2c(N)nc(-c3ccccn3)nc2Cl)c(F)c1. The maximum absolute atomic E-state index is 14.7. The van der Waals surface area contributed by atoms with Gasteiger partial charge in [-0.3, -0.25) is 4.98 Å². The summed E-state index contributed by atoms with van der Waals surface area (Å²) in [6.45, 7) is 1.14. The van der Waals surface area contributed by atoms with Crippen molar-refractivity contribution in [1.29, 1.82) is 0 Å². The molecule has 3 aromatic rings.